The second-order valence-corrected chi connectivity index (χ2v) is 8.89. The molecule has 1 saturated heterocycles. The van der Waals surface area contributed by atoms with E-state index in [0.29, 0.717) is 12.2 Å². The van der Waals surface area contributed by atoms with Gasteiger partial charge in [0.2, 0.25) is 10.0 Å². The first kappa shape index (κ1) is 22.9. The van der Waals surface area contributed by atoms with Gasteiger partial charge in [0.05, 0.1) is 22.3 Å². The molecule has 1 unspecified atom stereocenters. The van der Waals surface area contributed by atoms with E-state index >= 15 is 0 Å². The Labute approximate surface area is 179 Å². The standard InChI is InChI=1S/C21H23FN2O6S/c1-14-7-8-19(18(22)10-14)24-20(25)13-30-21(26)15-4-2-6-17(11-15)31(27,28)23-12-16-5-3-9-29-16/h2,4,6-8,10-11,16,23H,3,5,9,12-13H2,1H3,(H,24,25). The van der Waals surface area contributed by atoms with Crippen molar-refractivity contribution in [2.45, 2.75) is 30.8 Å². The molecule has 1 aliphatic heterocycles. The number of nitrogens with one attached hydrogen (secondary N) is 2. The lowest BCUT2D eigenvalue weighted by atomic mass is 10.2. The molecule has 1 atom stereocenters. The maximum atomic E-state index is 13.8. The normalized spacial score (nSPS) is 16.1. The van der Waals surface area contributed by atoms with Gasteiger partial charge in [-0.3, -0.25) is 4.79 Å². The highest BCUT2D eigenvalue weighted by atomic mass is 32.2. The molecule has 0 spiro atoms. The van der Waals surface area contributed by atoms with Crippen LogP contribution in [0.1, 0.15) is 28.8 Å². The summed E-state index contributed by atoms with van der Waals surface area (Å²) in [7, 11) is -3.84. The van der Waals surface area contributed by atoms with Gasteiger partial charge in [-0.05, 0) is 55.7 Å². The largest absolute Gasteiger partial charge is 0.452 e. The molecule has 0 aliphatic carbocycles. The number of carbonyl (C=O) groups is 2. The van der Waals surface area contributed by atoms with Gasteiger partial charge >= 0.3 is 5.97 Å². The van der Waals surface area contributed by atoms with Crippen molar-refractivity contribution in [1.29, 1.82) is 0 Å². The Morgan fingerprint density at radius 1 is 1.23 bits per heavy atom. The lowest BCUT2D eigenvalue weighted by Crippen LogP contribution is -2.32. The fourth-order valence-electron chi connectivity index (χ4n) is 3.00. The molecule has 3 rings (SSSR count). The molecule has 0 saturated carbocycles. The maximum Gasteiger partial charge on any atom is 0.338 e. The molecule has 1 heterocycles. The minimum absolute atomic E-state index is 0.0305. The number of hydrogen-bond donors (Lipinski definition) is 2. The SMILES string of the molecule is Cc1ccc(NC(=O)COC(=O)c2cccc(S(=O)(=O)NCC3CCCO3)c2)c(F)c1. The van der Waals surface area contributed by atoms with Crippen LogP contribution in [0.3, 0.4) is 0 Å². The Morgan fingerprint density at radius 2 is 2.03 bits per heavy atom. The van der Waals surface area contributed by atoms with E-state index < -0.39 is 34.3 Å². The van der Waals surface area contributed by atoms with E-state index in [0.717, 1.165) is 18.9 Å². The quantitative estimate of drug-likeness (QED) is 0.598. The molecule has 1 fully saturated rings. The van der Waals surface area contributed by atoms with Gasteiger partial charge < -0.3 is 14.8 Å². The van der Waals surface area contributed by atoms with Crippen LogP contribution in [-0.4, -0.2) is 46.2 Å². The topological polar surface area (TPSA) is 111 Å². The number of carbonyl (C=O) groups excluding carboxylic acids is 2. The summed E-state index contributed by atoms with van der Waals surface area (Å²) in [5.41, 5.74) is 0.633. The van der Waals surface area contributed by atoms with Crippen molar-refractivity contribution in [3.8, 4) is 0 Å². The zero-order valence-corrected chi connectivity index (χ0v) is 17.7. The molecule has 31 heavy (non-hydrogen) atoms. The Bertz CT molecular complexity index is 1070. The van der Waals surface area contributed by atoms with Crippen molar-refractivity contribution in [3.05, 3.63) is 59.4 Å². The lowest BCUT2D eigenvalue weighted by Gasteiger charge is -2.12. The highest BCUT2D eigenvalue weighted by molar-refractivity contribution is 7.89. The van der Waals surface area contributed by atoms with E-state index in [2.05, 4.69) is 10.0 Å². The monoisotopic (exact) mass is 450 g/mol. The third-order valence-electron chi connectivity index (χ3n) is 4.64. The number of esters is 1. The summed E-state index contributed by atoms with van der Waals surface area (Å²) in [4.78, 5) is 24.1. The van der Waals surface area contributed by atoms with Crippen molar-refractivity contribution in [2.75, 3.05) is 25.1 Å². The van der Waals surface area contributed by atoms with Crippen molar-refractivity contribution >= 4 is 27.6 Å². The number of halogens is 1. The predicted octanol–water partition coefficient (Wildman–Crippen LogP) is 2.39. The van der Waals surface area contributed by atoms with Crippen LogP contribution in [0.15, 0.2) is 47.4 Å². The first-order valence-electron chi connectivity index (χ1n) is 9.69. The number of hydrogen-bond acceptors (Lipinski definition) is 6. The number of ether oxygens (including phenoxy) is 2. The third-order valence-corrected chi connectivity index (χ3v) is 6.06. The van der Waals surface area contributed by atoms with Gasteiger partial charge in [0.15, 0.2) is 6.61 Å². The van der Waals surface area contributed by atoms with Gasteiger partial charge in [-0.25, -0.2) is 22.3 Å². The molecule has 1 aliphatic rings. The summed E-state index contributed by atoms with van der Waals surface area (Å²) in [6, 6.07) is 9.59. The first-order chi connectivity index (χ1) is 14.7. The highest BCUT2D eigenvalue weighted by Crippen LogP contribution is 2.16. The van der Waals surface area contributed by atoms with E-state index in [9.17, 15) is 22.4 Å². The molecule has 2 aromatic rings. The van der Waals surface area contributed by atoms with Gasteiger partial charge in [0.1, 0.15) is 5.82 Å². The van der Waals surface area contributed by atoms with Crippen LogP contribution >= 0.6 is 0 Å². The van der Waals surface area contributed by atoms with Crippen molar-refractivity contribution in [2.24, 2.45) is 0 Å². The number of benzene rings is 2. The fourth-order valence-corrected chi connectivity index (χ4v) is 4.12. The van der Waals surface area contributed by atoms with E-state index in [1.54, 1.807) is 13.0 Å². The maximum absolute atomic E-state index is 13.8. The molecule has 0 bridgehead atoms. The molecular formula is C21H23FN2O6S. The number of anilines is 1. The predicted molar refractivity (Wildman–Crippen MR) is 111 cm³/mol. The van der Waals surface area contributed by atoms with E-state index in [1.807, 2.05) is 0 Å². The van der Waals surface area contributed by atoms with Crippen LogP contribution in [0.4, 0.5) is 10.1 Å². The number of amides is 1. The summed E-state index contributed by atoms with van der Waals surface area (Å²) < 4.78 is 51.5. The molecule has 0 radical (unpaired) electrons. The van der Waals surface area contributed by atoms with Gasteiger partial charge in [0.25, 0.3) is 5.91 Å². The lowest BCUT2D eigenvalue weighted by molar-refractivity contribution is -0.119. The molecule has 2 N–H and O–H groups in total. The van der Waals surface area contributed by atoms with Gasteiger partial charge in [-0.2, -0.15) is 0 Å². The molecule has 10 heteroatoms. The summed E-state index contributed by atoms with van der Waals surface area (Å²) in [6.45, 7) is 1.81. The highest BCUT2D eigenvalue weighted by Gasteiger charge is 2.21. The van der Waals surface area contributed by atoms with Crippen LogP contribution in [0.2, 0.25) is 0 Å². The minimum atomic E-state index is -3.84. The Morgan fingerprint density at radius 3 is 2.74 bits per heavy atom. The first-order valence-corrected chi connectivity index (χ1v) is 11.2. The molecular weight excluding hydrogens is 427 g/mol. The minimum Gasteiger partial charge on any atom is -0.452 e. The third kappa shape index (κ3) is 6.33. The van der Waals surface area contributed by atoms with Crippen LogP contribution in [0, 0.1) is 12.7 Å². The van der Waals surface area contributed by atoms with E-state index in [4.69, 9.17) is 9.47 Å². The molecule has 1 amide bonds. The van der Waals surface area contributed by atoms with Gasteiger partial charge in [0, 0.05) is 13.2 Å². The van der Waals surface area contributed by atoms with Crippen LogP contribution in [-0.2, 0) is 24.3 Å². The average molecular weight is 450 g/mol. The van der Waals surface area contributed by atoms with Crippen molar-refractivity contribution < 1.29 is 31.9 Å². The summed E-state index contributed by atoms with van der Waals surface area (Å²) in [6.07, 6.45) is 1.50. The summed E-state index contributed by atoms with van der Waals surface area (Å²) in [5.74, 6) is -2.21. The van der Waals surface area contributed by atoms with Gasteiger partial charge in [-0.15, -0.1) is 0 Å². The summed E-state index contributed by atoms with van der Waals surface area (Å²) in [5, 5.41) is 2.31. The molecule has 166 valence electrons. The van der Waals surface area contributed by atoms with Crippen molar-refractivity contribution in [3.63, 3.8) is 0 Å². The Kier molecular flexibility index (Phi) is 7.37. The molecule has 8 nitrogen and oxygen atoms in total. The van der Waals surface area contributed by atoms with Gasteiger partial charge in [-0.1, -0.05) is 12.1 Å². The second-order valence-electron chi connectivity index (χ2n) is 7.12. The number of aryl methyl sites for hydroxylation is 1. The van der Waals surface area contributed by atoms with E-state index in [-0.39, 0.29) is 28.8 Å². The van der Waals surface area contributed by atoms with Crippen molar-refractivity contribution in [1.82, 2.24) is 4.72 Å². The fraction of sp³-hybridized carbons (Fsp3) is 0.333. The smallest absolute Gasteiger partial charge is 0.338 e. The van der Waals surface area contributed by atoms with Crippen LogP contribution < -0.4 is 10.0 Å². The average Bonchev–Trinajstić information content (AvgIpc) is 3.26. The molecule has 2 aromatic carbocycles. The van der Waals surface area contributed by atoms with Crippen LogP contribution in [0.25, 0.3) is 0 Å². The Balaban J connectivity index is 1.57. The number of rotatable bonds is 8. The zero-order valence-electron chi connectivity index (χ0n) is 16.9. The molecule has 0 aromatic heterocycles. The van der Waals surface area contributed by atoms with E-state index in [1.165, 1.54) is 30.3 Å². The number of sulfonamides is 1. The van der Waals surface area contributed by atoms with Crippen LogP contribution in [0.5, 0.6) is 0 Å². The summed E-state index contributed by atoms with van der Waals surface area (Å²) >= 11 is 0. The Hall–Kier alpha value is -2.82. The zero-order chi connectivity index (χ0) is 22.4. The second kappa shape index (κ2) is 9.99.